The Kier molecular flexibility index (Phi) is 32.2. The van der Waals surface area contributed by atoms with Gasteiger partial charge in [-0.05, 0) is 149 Å². The van der Waals surface area contributed by atoms with Gasteiger partial charge in [-0.25, -0.2) is 4.39 Å². The Balaban J connectivity index is -0.000000517. The Hall–Kier alpha value is -2.59. The number of esters is 2. The molecule has 0 bridgehead atoms. The van der Waals surface area contributed by atoms with E-state index in [9.17, 15) is 108 Å². The highest BCUT2D eigenvalue weighted by atomic mass is 19.4. The smallest absolute Gasteiger partial charge is 0.443 e. The monoisotopic (exact) mass is 1340 g/mol. The number of rotatable bonds is 21. The summed E-state index contributed by atoms with van der Waals surface area (Å²) >= 11 is 0. The minimum Gasteiger partial charge on any atom is -0.466 e. The molecule has 0 saturated carbocycles. The van der Waals surface area contributed by atoms with E-state index < -0.39 is 123 Å². The van der Waals surface area contributed by atoms with Gasteiger partial charge in [0.25, 0.3) is 17.0 Å². The van der Waals surface area contributed by atoms with Crippen molar-refractivity contribution >= 4 is 11.9 Å². The summed E-state index contributed by atoms with van der Waals surface area (Å²) in [6, 6.07) is 0. The van der Waals surface area contributed by atoms with Crippen LogP contribution in [0.4, 0.5) is 83.4 Å². The summed E-state index contributed by atoms with van der Waals surface area (Å²) in [6.07, 6.45) is -30.6. The molecule has 1 rings (SSSR count). The lowest BCUT2D eigenvalue weighted by molar-refractivity contribution is -0.416. The number of aliphatic hydroxyl groups is 4. The third-order valence-electron chi connectivity index (χ3n) is 17.4. The molecule has 0 aromatic carbocycles. The van der Waals surface area contributed by atoms with Crippen molar-refractivity contribution in [2.45, 2.75) is 333 Å². The molecule has 0 spiro atoms. The molecule has 0 aromatic heterocycles. The highest BCUT2D eigenvalue weighted by Crippen LogP contribution is 2.58. The van der Waals surface area contributed by atoms with Crippen LogP contribution >= 0.6 is 0 Å². The van der Waals surface area contributed by atoms with Gasteiger partial charge in [-0.1, -0.05) is 116 Å². The van der Waals surface area contributed by atoms with Crippen molar-refractivity contribution in [1.29, 1.82) is 0 Å². The third kappa shape index (κ3) is 27.0. The summed E-state index contributed by atoms with van der Waals surface area (Å²) < 4.78 is 259. The fraction of sp³-hybridized carbons (Fsp3) is 0.967. The molecule has 538 valence electrons. The molecule has 1 aliphatic rings. The van der Waals surface area contributed by atoms with Gasteiger partial charge < -0.3 is 34.6 Å². The first-order valence-electron chi connectivity index (χ1n) is 29.5. The maximum Gasteiger partial charge on any atom is 0.443 e. The zero-order valence-corrected chi connectivity index (χ0v) is 56.9. The number of hydrogen-bond acceptors (Lipinski definition) is 9. The molecule has 4 N–H and O–H groups in total. The Labute approximate surface area is 516 Å². The fourth-order valence-corrected chi connectivity index (χ4v) is 9.03. The minimum atomic E-state index is -5.95. The van der Waals surface area contributed by atoms with Crippen LogP contribution in [0.5, 0.6) is 0 Å². The molecule has 0 aromatic rings. The lowest BCUT2D eigenvalue weighted by Gasteiger charge is -2.51. The van der Waals surface area contributed by atoms with Crippen molar-refractivity contribution in [2.24, 2.45) is 37.9 Å². The Bertz CT molecular complexity index is 2120. The molecule has 1 fully saturated rings. The number of hydrogen-bond donors (Lipinski definition) is 4. The van der Waals surface area contributed by atoms with Gasteiger partial charge in [0.2, 0.25) is 0 Å². The van der Waals surface area contributed by atoms with Gasteiger partial charge in [0.1, 0.15) is 11.3 Å². The van der Waals surface area contributed by atoms with Gasteiger partial charge in [-0.15, -0.1) is 0 Å². The average molecular weight is 1350 g/mol. The predicted octanol–water partition coefficient (Wildman–Crippen LogP) is 20.0. The van der Waals surface area contributed by atoms with E-state index in [1.807, 2.05) is 55.4 Å². The first-order chi connectivity index (χ1) is 38.4. The fourth-order valence-electron chi connectivity index (χ4n) is 9.03. The van der Waals surface area contributed by atoms with Crippen LogP contribution in [0.2, 0.25) is 0 Å². The third-order valence-corrected chi connectivity index (χ3v) is 17.4. The van der Waals surface area contributed by atoms with E-state index in [4.69, 9.17) is 19.3 Å². The molecule has 0 amide bonds. The van der Waals surface area contributed by atoms with Crippen molar-refractivity contribution in [2.75, 3.05) is 6.61 Å². The number of carbonyl (C=O) groups excluding carboxylic acids is 2. The standard InChI is InChI=1S/C16H29F3O2.C13H20F6O3.C12H20F6O.C12H22F4O.C8H16O2/c1-7-12(2,3)8-9-14(6)10-13(4,5)21-15(20,11-14)16(17,18)19;1-6-9(2,3)8(20)22-10(4,5)7-11(21,12(14,15)16)13(17,18)19;1-6-8(2,3)7-9(4,5)10(19,11(13,14)15)12(16,17)18;1-6-9(2,3)7-8-10(4,13)11(5,17)12(14,15)16;1-5-8(3,4)7(9)10-6-2/h20H,7-11H2,1-6H3;21H,6-7H2,1-5H3;19H,6-7H2,1-5H3;17H,6-8H2,1-5H3;5-6H2,1-4H3. The summed E-state index contributed by atoms with van der Waals surface area (Å²) in [7, 11) is 0. The Morgan fingerprint density at radius 1 is 0.461 bits per heavy atom. The highest BCUT2D eigenvalue weighted by molar-refractivity contribution is 5.76. The van der Waals surface area contributed by atoms with Gasteiger partial charge >= 0.3 is 49.0 Å². The van der Waals surface area contributed by atoms with Gasteiger partial charge in [0.05, 0.1) is 23.0 Å². The van der Waals surface area contributed by atoms with E-state index in [1.165, 1.54) is 13.8 Å². The summed E-state index contributed by atoms with van der Waals surface area (Å²) in [4.78, 5) is 22.9. The first-order valence-corrected chi connectivity index (χ1v) is 29.5. The normalized spacial score (nSPS) is 20.3. The van der Waals surface area contributed by atoms with E-state index in [2.05, 4.69) is 20.8 Å². The number of carbonyl (C=O) groups is 2. The highest BCUT2D eigenvalue weighted by Gasteiger charge is 2.77. The van der Waals surface area contributed by atoms with Gasteiger partial charge in [-0.2, -0.15) is 79.0 Å². The summed E-state index contributed by atoms with van der Waals surface area (Å²) in [6.45, 7) is 39.1. The first kappa shape index (κ1) is 92.8. The molecule has 0 aliphatic carbocycles. The van der Waals surface area contributed by atoms with Gasteiger partial charge in [-0.3, -0.25) is 9.59 Å². The van der Waals surface area contributed by atoms with E-state index in [1.54, 1.807) is 41.5 Å². The number of alkyl halides is 19. The molecule has 89 heavy (non-hydrogen) atoms. The Morgan fingerprint density at radius 2 is 0.820 bits per heavy atom. The maximum atomic E-state index is 14.1. The minimum absolute atomic E-state index is 0.0990. The van der Waals surface area contributed by atoms with Crippen LogP contribution in [0, 0.1) is 37.9 Å². The predicted molar refractivity (Wildman–Crippen MR) is 302 cm³/mol. The van der Waals surface area contributed by atoms with Crippen LogP contribution in [0.25, 0.3) is 0 Å². The summed E-state index contributed by atoms with van der Waals surface area (Å²) in [5.74, 6) is -4.08. The largest absolute Gasteiger partial charge is 0.466 e. The molecular formula is C61H107F19O9. The van der Waals surface area contributed by atoms with Crippen molar-refractivity contribution < 1.29 is 128 Å². The number of ether oxygens (including phenoxy) is 3. The topological polar surface area (TPSA) is 143 Å². The maximum absolute atomic E-state index is 14.1. The second kappa shape index (κ2) is 30.9. The summed E-state index contributed by atoms with van der Waals surface area (Å²) in [5, 5.41) is 37.9. The van der Waals surface area contributed by atoms with Crippen LogP contribution in [-0.4, -0.2) is 115 Å². The molecule has 4 unspecified atom stereocenters. The molecular weight excluding hydrogens is 1240 g/mol. The second-order valence-corrected chi connectivity index (χ2v) is 29.8. The van der Waals surface area contributed by atoms with E-state index in [-0.39, 0.29) is 35.1 Å². The lowest BCUT2D eigenvalue weighted by Crippen LogP contribution is -2.66. The van der Waals surface area contributed by atoms with E-state index >= 15 is 0 Å². The average Bonchev–Trinajstić information content (AvgIpc) is 1.01. The zero-order valence-electron chi connectivity index (χ0n) is 56.9. The van der Waals surface area contributed by atoms with Crippen LogP contribution < -0.4 is 0 Å². The molecule has 4 atom stereocenters. The van der Waals surface area contributed by atoms with Crippen molar-refractivity contribution in [3.05, 3.63) is 0 Å². The van der Waals surface area contributed by atoms with E-state index in [0.29, 0.717) is 39.2 Å². The van der Waals surface area contributed by atoms with Crippen molar-refractivity contribution in [3.63, 3.8) is 0 Å². The van der Waals surface area contributed by atoms with Crippen LogP contribution in [0.1, 0.15) is 257 Å². The molecule has 0 radical (unpaired) electrons. The van der Waals surface area contributed by atoms with Gasteiger partial charge in [0.15, 0.2) is 5.60 Å². The molecule has 9 nitrogen and oxygen atoms in total. The summed E-state index contributed by atoms with van der Waals surface area (Å²) in [5.41, 5.74) is -24.0. The molecule has 28 heteroatoms. The zero-order chi connectivity index (χ0) is 73.2. The van der Waals surface area contributed by atoms with Gasteiger partial charge in [0, 0.05) is 18.3 Å². The van der Waals surface area contributed by atoms with Crippen molar-refractivity contribution in [1.82, 2.24) is 0 Å². The lowest BCUT2D eigenvalue weighted by atomic mass is 9.64. The van der Waals surface area contributed by atoms with Crippen molar-refractivity contribution in [3.8, 4) is 0 Å². The number of halogens is 19. The quantitative estimate of drug-likeness (QED) is 0.0652. The molecule has 1 saturated heterocycles. The molecule has 1 aliphatic heterocycles. The van der Waals surface area contributed by atoms with Crippen LogP contribution in [0.15, 0.2) is 0 Å². The molecule has 1 heterocycles. The van der Waals surface area contributed by atoms with Crippen LogP contribution in [-0.2, 0) is 23.8 Å². The van der Waals surface area contributed by atoms with Crippen LogP contribution in [0.3, 0.4) is 0 Å². The van der Waals surface area contributed by atoms with E-state index in [0.717, 1.165) is 60.3 Å². The second-order valence-electron chi connectivity index (χ2n) is 29.8. The SMILES string of the molecule is CCC(C)(C)C(=O)OC(C)(C)CC(O)(C(F)(F)F)C(F)(F)F.CCC(C)(C)CC(C)(C)C(O)(C(F)(F)F)C(F)(F)F.CCC(C)(C)CCC(C)(F)C(C)(O)C(F)(F)F.CCC(C)(C)CCC1(C)CC(C)(C)OC(O)(C(F)(F)F)C1.CCOC(=O)C(C)(C)CC. The Morgan fingerprint density at radius 3 is 1.12 bits per heavy atom.